The van der Waals surface area contributed by atoms with E-state index < -0.39 is 5.54 Å². The second kappa shape index (κ2) is 7.09. The molecule has 1 rings (SSSR count). The zero-order valence-electron chi connectivity index (χ0n) is 12.1. The molecule has 0 aliphatic heterocycles. The third-order valence-corrected chi connectivity index (χ3v) is 2.59. The molecule has 1 aromatic rings. The molecule has 0 spiro atoms. The summed E-state index contributed by atoms with van der Waals surface area (Å²) in [6, 6.07) is 1.72. The van der Waals surface area contributed by atoms with Gasteiger partial charge in [-0.15, -0.1) is 0 Å². The second-order valence-electron chi connectivity index (χ2n) is 5.12. The molecule has 19 heavy (non-hydrogen) atoms. The Kier molecular flexibility index (Phi) is 5.76. The van der Waals surface area contributed by atoms with Gasteiger partial charge in [0, 0.05) is 19.9 Å². The highest BCUT2D eigenvalue weighted by molar-refractivity contribution is 5.99. The van der Waals surface area contributed by atoms with Gasteiger partial charge < -0.3 is 15.4 Å². The Bertz CT molecular complexity index is 419. The van der Waals surface area contributed by atoms with Crippen molar-refractivity contribution in [2.24, 2.45) is 0 Å². The number of aromatic nitrogens is 1. The van der Waals surface area contributed by atoms with Crippen molar-refractivity contribution >= 4 is 11.6 Å². The summed E-state index contributed by atoms with van der Waals surface area (Å²) < 4.78 is 5.10. The largest absolute Gasteiger partial charge is 0.383 e. The van der Waals surface area contributed by atoms with E-state index in [1.807, 2.05) is 13.8 Å². The first kappa shape index (κ1) is 15.4. The molecule has 106 valence electrons. The number of nitrogens with zero attached hydrogens (tertiary/aromatic N) is 1. The lowest BCUT2D eigenvalue weighted by Gasteiger charge is -2.25. The third-order valence-electron chi connectivity index (χ3n) is 2.59. The predicted octanol–water partition coefficient (Wildman–Crippen LogP) is 2.06. The maximum atomic E-state index is 12.3. The van der Waals surface area contributed by atoms with Crippen molar-refractivity contribution in [3.05, 3.63) is 24.0 Å². The Hall–Kier alpha value is -1.62. The van der Waals surface area contributed by atoms with Gasteiger partial charge in [0.05, 0.1) is 29.6 Å². The van der Waals surface area contributed by atoms with Crippen LogP contribution in [0.2, 0.25) is 0 Å². The van der Waals surface area contributed by atoms with Crippen LogP contribution in [0, 0.1) is 0 Å². The van der Waals surface area contributed by atoms with E-state index in [9.17, 15) is 4.79 Å². The molecule has 0 saturated heterocycles. The van der Waals surface area contributed by atoms with Crippen molar-refractivity contribution in [2.75, 3.05) is 25.6 Å². The number of methoxy groups -OCH3 is 1. The molecule has 5 heteroatoms. The maximum absolute atomic E-state index is 12.3. The molecule has 0 saturated carbocycles. The summed E-state index contributed by atoms with van der Waals surface area (Å²) in [5.74, 6) is -0.122. The van der Waals surface area contributed by atoms with Crippen molar-refractivity contribution in [1.82, 2.24) is 10.3 Å². The molecule has 0 fully saturated rings. The number of anilines is 1. The molecule has 0 radical (unpaired) electrons. The van der Waals surface area contributed by atoms with Crippen molar-refractivity contribution in [3.63, 3.8) is 0 Å². The predicted molar refractivity (Wildman–Crippen MR) is 76.4 cm³/mol. The lowest BCUT2D eigenvalue weighted by atomic mass is 10.1. The fourth-order valence-electron chi connectivity index (χ4n) is 1.76. The van der Waals surface area contributed by atoms with Crippen LogP contribution in [0.4, 0.5) is 5.69 Å². The number of amides is 1. The Morgan fingerprint density at radius 3 is 2.84 bits per heavy atom. The average Bonchev–Trinajstić information content (AvgIpc) is 2.36. The van der Waals surface area contributed by atoms with Gasteiger partial charge in [-0.3, -0.25) is 9.78 Å². The molecule has 0 bridgehead atoms. The lowest BCUT2D eigenvalue weighted by Crippen LogP contribution is -2.46. The standard InChI is InChI=1S/C14H23N3O2/c1-5-7-16-12-9-15-8-6-11(12)13(18)17-14(2,3)10-19-4/h6,8-9,16H,5,7,10H2,1-4H3,(H,17,18). The first-order chi connectivity index (χ1) is 9.00. The molecule has 1 heterocycles. The highest BCUT2D eigenvalue weighted by Gasteiger charge is 2.22. The summed E-state index contributed by atoms with van der Waals surface area (Å²) in [7, 11) is 1.62. The molecule has 0 aliphatic carbocycles. The van der Waals surface area contributed by atoms with Gasteiger partial charge in [0.15, 0.2) is 0 Å². The normalized spacial score (nSPS) is 11.2. The van der Waals surface area contributed by atoms with Crippen molar-refractivity contribution in [2.45, 2.75) is 32.7 Å². The SMILES string of the molecule is CCCNc1cnccc1C(=O)NC(C)(C)COC. The molecule has 5 nitrogen and oxygen atoms in total. The van der Waals surface area contributed by atoms with E-state index in [-0.39, 0.29) is 5.91 Å². The van der Waals surface area contributed by atoms with Crippen LogP contribution >= 0.6 is 0 Å². The molecule has 0 unspecified atom stereocenters. The molecule has 1 aromatic heterocycles. The second-order valence-corrected chi connectivity index (χ2v) is 5.12. The minimum absolute atomic E-state index is 0.122. The zero-order valence-corrected chi connectivity index (χ0v) is 12.1. The minimum Gasteiger partial charge on any atom is -0.383 e. The zero-order chi connectivity index (χ0) is 14.3. The van der Waals surface area contributed by atoms with Gasteiger partial charge in [-0.05, 0) is 26.3 Å². The Morgan fingerprint density at radius 1 is 1.47 bits per heavy atom. The number of hydrogen-bond donors (Lipinski definition) is 2. The number of nitrogens with one attached hydrogen (secondary N) is 2. The van der Waals surface area contributed by atoms with E-state index in [1.54, 1.807) is 25.6 Å². The van der Waals surface area contributed by atoms with E-state index in [0.717, 1.165) is 18.7 Å². The van der Waals surface area contributed by atoms with Crippen LogP contribution in [0.1, 0.15) is 37.6 Å². The highest BCUT2D eigenvalue weighted by Crippen LogP contribution is 2.15. The van der Waals surface area contributed by atoms with Gasteiger partial charge in [-0.1, -0.05) is 6.92 Å². The molecular weight excluding hydrogens is 242 g/mol. The van der Waals surface area contributed by atoms with Crippen LogP contribution in [0.5, 0.6) is 0 Å². The van der Waals surface area contributed by atoms with Crippen LogP contribution in [-0.4, -0.2) is 36.7 Å². The summed E-state index contributed by atoms with van der Waals surface area (Å²) in [4.78, 5) is 16.3. The molecule has 2 N–H and O–H groups in total. The number of pyridine rings is 1. The summed E-state index contributed by atoms with van der Waals surface area (Å²) in [5, 5.41) is 6.17. The fraction of sp³-hybridized carbons (Fsp3) is 0.571. The van der Waals surface area contributed by atoms with Crippen molar-refractivity contribution < 1.29 is 9.53 Å². The smallest absolute Gasteiger partial charge is 0.253 e. The van der Waals surface area contributed by atoms with E-state index in [4.69, 9.17) is 4.74 Å². The van der Waals surface area contributed by atoms with E-state index in [0.29, 0.717) is 12.2 Å². The molecule has 1 amide bonds. The van der Waals surface area contributed by atoms with E-state index in [2.05, 4.69) is 22.5 Å². The van der Waals surface area contributed by atoms with Gasteiger partial charge >= 0.3 is 0 Å². The van der Waals surface area contributed by atoms with E-state index >= 15 is 0 Å². The monoisotopic (exact) mass is 265 g/mol. The van der Waals surface area contributed by atoms with Crippen LogP contribution in [0.15, 0.2) is 18.5 Å². The maximum Gasteiger partial charge on any atom is 0.253 e. The fourth-order valence-corrected chi connectivity index (χ4v) is 1.76. The Labute approximate surface area is 114 Å². The van der Waals surface area contributed by atoms with Gasteiger partial charge in [0.1, 0.15) is 0 Å². The number of carbonyl (C=O) groups excluding carboxylic acids is 1. The Balaban J connectivity index is 2.81. The summed E-state index contributed by atoms with van der Waals surface area (Å²) >= 11 is 0. The van der Waals surface area contributed by atoms with Gasteiger partial charge in [-0.2, -0.15) is 0 Å². The minimum atomic E-state index is -0.406. The number of ether oxygens (including phenoxy) is 1. The number of rotatable bonds is 7. The summed E-state index contributed by atoms with van der Waals surface area (Å²) in [6.07, 6.45) is 4.29. The van der Waals surface area contributed by atoms with Crippen LogP contribution in [0.25, 0.3) is 0 Å². The molecular formula is C14H23N3O2. The molecule has 0 aromatic carbocycles. The highest BCUT2D eigenvalue weighted by atomic mass is 16.5. The van der Waals surface area contributed by atoms with Crippen LogP contribution in [0.3, 0.4) is 0 Å². The lowest BCUT2D eigenvalue weighted by molar-refractivity contribution is 0.0820. The van der Waals surface area contributed by atoms with E-state index in [1.165, 1.54) is 0 Å². The average molecular weight is 265 g/mol. The quantitative estimate of drug-likeness (QED) is 0.792. The van der Waals surface area contributed by atoms with Crippen molar-refractivity contribution in [1.29, 1.82) is 0 Å². The van der Waals surface area contributed by atoms with Crippen LogP contribution in [-0.2, 0) is 4.74 Å². The summed E-state index contributed by atoms with van der Waals surface area (Å²) in [5.41, 5.74) is 0.958. The molecule has 0 atom stereocenters. The third kappa shape index (κ3) is 4.87. The molecule has 0 aliphatic rings. The summed E-state index contributed by atoms with van der Waals surface area (Å²) in [6.45, 7) is 7.20. The van der Waals surface area contributed by atoms with Gasteiger partial charge in [0.2, 0.25) is 0 Å². The Morgan fingerprint density at radius 2 is 2.21 bits per heavy atom. The first-order valence-electron chi connectivity index (χ1n) is 6.49. The van der Waals surface area contributed by atoms with Crippen molar-refractivity contribution in [3.8, 4) is 0 Å². The number of carbonyl (C=O) groups is 1. The van der Waals surface area contributed by atoms with Gasteiger partial charge in [-0.25, -0.2) is 0 Å². The van der Waals surface area contributed by atoms with Crippen LogP contribution < -0.4 is 10.6 Å². The number of hydrogen-bond acceptors (Lipinski definition) is 4. The first-order valence-corrected chi connectivity index (χ1v) is 6.49. The van der Waals surface area contributed by atoms with Gasteiger partial charge in [0.25, 0.3) is 5.91 Å². The topological polar surface area (TPSA) is 63.2 Å².